The van der Waals surface area contributed by atoms with Gasteiger partial charge < -0.3 is 0 Å². The molecular formula is C10H21. The van der Waals surface area contributed by atoms with Crippen LogP contribution in [0.3, 0.4) is 0 Å². The van der Waals surface area contributed by atoms with Gasteiger partial charge in [0.15, 0.2) is 0 Å². The summed E-state index contributed by atoms with van der Waals surface area (Å²) in [6.45, 7) is 13.2. The smallest absolute Gasteiger partial charge is 0.0326 e. The Labute approximate surface area is 66.0 Å². The van der Waals surface area contributed by atoms with Crippen molar-refractivity contribution in [3.05, 3.63) is 6.92 Å². The van der Waals surface area contributed by atoms with Gasteiger partial charge in [0, 0.05) is 0 Å². The van der Waals surface area contributed by atoms with Crippen molar-refractivity contribution in [2.45, 2.75) is 47.0 Å². The van der Waals surface area contributed by atoms with Crippen molar-refractivity contribution in [1.29, 1.82) is 0 Å². The van der Waals surface area contributed by atoms with Gasteiger partial charge in [0.2, 0.25) is 0 Å². The lowest BCUT2D eigenvalue weighted by Crippen LogP contribution is -2.14. The van der Waals surface area contributed by atoms with E-state index in [1.807, 2.05) is 0 Å². The van der Waals surface area contributed by atoms with E-state index in [4.69, 9.17) is 0 Å². The van der Waals surface area contributed by atoms with Gasteiger partial charge in [0.05, 0.1) is 0 Å². The highest BCUT2D eigenvalue weighted by Gasteiger charge is 2.17. The molecule has 2 unspecified atom stereocenters. The molecular weight excluding hydrogens is 120 g/mol. The highest BCUT2D eigenvalue weighted by Crippen LogP contribution is 2.29. The van der Waals surface area contributed by atoms with Crippen LogP contribution in [-0.4, -0.2) is 0 Å². The third-order valence-electron chi connectivity index (χ3n) is 2.39. The van der Waals surface area contributed by atoms with Crippen LogP contribution in [0.1, 0.15) is 47.0 Å². The SMILES string of the molecule is [CH2]C(C)(CC)CC(C)CC. The van der Waals surface area contributed by atoms with E-state index in [1.54, 1.807) is 0 Å². The van der Waals surface area contributed by atoms with E-state index in [0.717, 1.165) is 5.92 Å². The quantitative estimate of drug-likeness (QED) is 0.560. The second-order valence-electron chi connectivity index (χ2n) is 3.88. The molecule has 0 aliphatic rings. The summed E-state index contributed by atoms with van der Waals surface area (Å²) < 4.78 is 0. The summed E-state index contributed by atoms with van der Waals surface area (Å²) in [7, 11) is 0. The van der Waals surface area contributed by atoms with Gasteiger partial charge in [-0.3, -0.25) is 0 Å². The lowest BCUT2D eigenvalue weighted by molar-refractivity contribution is 0.301. The molecule has 0 heterocycles. The molecule has 0 bridgehead atoms. The molecule has 0 heteroatoms. The largest absolute Gasteiger partial charge is 0.0651 e. The van der Waals surface area contributed by atoms with Crippen molar-refractivity contribution < 1.29 is 0 Å². The van der Waals surface area contributed by atoms with Crippen LogP contribution in [-0.2, 0) is 0 Å². The molecule has 0 aliphatic heterocycles. The average Bonchev–Trinajstić information content (AvgIpc) is 1.87. The Kier molecular flexibility index (Phi) is 4.00. The topological polar surface area (TPSA) is 0 Å². The normalized spacial score (nSPS) is 15.3. The van der Waals surface area contributed by atoms with E-state index in [2.05, 4.69) is 34.6 Å². The van der Waals surface area contributed by atoms with Crippen molar-refractivity contribution in [1.82, 2.24) is 0 Å². The second-order valence-corrected chi connectivity index (χ2v) is 3.88. The van der Waals surface area contributed by atoms with Crippen molar-refractivity contribution in [2.24, 2.45) is 11.3 Å². The predicted octanol–water partition coefficient (Wildman–Crippen LogP) is 3.67. The monoisotopic (exact) mass is 141 g/mol. The lowest BCUT2D eigenvalue weighted by atomic mass is 9.80. The third-order valence-corrected chi connectivity index (χ3v) is 2.39. The van der Waals surface area contributed by atoms with Crippen LogP contribution in [0.5, 0.6) is 0 Å². The fourth-order valence-electron chi connectivity index (χ4n) is 1.13. The van der Waals surface area contributed by atoms with Gasteiger partial charge in [-0.25, -0.2) is 0 Å². The summed E-state index contributed by atoms with van der Waals surface area (Å²) in [6.07, 6.45) is 3.74. The average molecular weight is 141 g/mol. The van der Waals surface area contributed by atoms with Crippen LogP contribution < -0.4 is 0 Å². The summed E-state index contributed by atoms with van der Waals surface area (Å²) in [5.74, 6) is 0.836. The first-order valence-electron chi connectivity index (χ1n) is 4.37. The number of hydrogen-bond donors (Lipinski definition) is 0. The molecule has 0 nitrogen and oxygen atoms in total. The molecule has 0 aromatic heterocycles. The summed E-state index contributed by atoms with van der Waals surface area (Å²) >= 11 is 0. The van der Waals surface area contributed by atoms with Crippen molar-refractivity contribution in [3.63, 3.8) is 0 Å². The van der Waals surface area contributed by atoms with Gasteiger partial charge >= 0.3 is 0 Å². The molecule has 0 spiro atoms. The molecule has 0 saturated heterocycles. The van der Waals surface area contributed by atoms with Gasteiger partial charge in [-0.15, -0.1) is 0 Å². The van der Waals surface area contributed by atoms with E-state index in [-0.39, 0.29) is 0 Å². The highest BCUT2D eigenvalue weighted by molar-refractivity contribution is 4.76. The molecule has 2 atom stereocenters. The summed E-state index contributed by atoms with van der Waals surface area (Å²) in [6, 6.07) is 0. The van der Waals surface area contributed by atoms with Crippen LogP contribution >= 0.6 is 0 Å². The van der Waals surface area contributed by atoms with E-state index in [9.17, 15) is 0 Å². The zero-order valence-electron chi connectivity index (χ0n) is 7.91. The summed E-state index contributed by atoms with van der Waals surface area (Å²) in [5, 5.41) is 0. The molecule has 61 valence electrons. The van der Waals surface area contributed by atoms with Crippen molar-refractivity contribution in [3.8, 4) is 0 Å². The Hall–Kier alpha value is 0. The Morgan fingerprint density at radius 3 is 2.20 bits per heavy atom. The maximum Gasteiger partial charge on any atom is -0.0326 e. The van der Waals surface area contributed by atoms with Gasteiger partial charge in [-0.05, 0) is 24.7 Å². The maximum absolute atomic E-state index is 4.18. The van der Waals surface area contributed by atoms with Crippen LogP contribution in [0, 0.1) is 18.3 Å². The summed E-state index contributed by atoms with van der Waals surface area (Å²) in [4.78, 5) is 0. The Morgan fingerprint density at radius 1 is 1.40 bits per heavy atom. The minimum absolute atomic E-state index is 0.315. The first-order valence-corrected chi connectivity index (χ1v) is 4.37. The predicted molar refractivity (Wildman–Crippen MR) is 47.8 cm³/mol. The van der Waals surface area contributed by atoms with E-state index < -0.39 is 0 Å². The molecule has 0 aromatic rings. The number of hydrogen-bond acceptors (Lipinski definition) is 0. The van der Waals surface area contributed by atoms with Crippen LogP contribution in [0.4, 0.5) is 0 Å². The molecule has 0 rings (SSSR count). The van der Waals surface area contributed by atoms with E-state index in [0.29, 0.717) is 5.41 Å². The maximum atomic E-state index is 4.18. The second kappa shape index (κ2) is 4.00. The standard InChI is InChI=1S/C10H21/c1-6-9(3)8-10(4,5)7-2/h9H,4,6-8H2,1-3,5H3. The van der Waals surface area contributed by atoms with E-state index in [1.165, 1.54) is 19.3 Å². The minimum Gasteiger partial charge on any atom is -0.0651 e. The van der Waals surface area contributed by atoms with Gasteiger partial charge in [-0.2, -0.15) is 0 Å². The Bertz CT molecular complexity index is 82.0. The highest BCUT2D eigenvalue weighted by atomic mass is 14.2. The van der Waals surface area contributed by atoms with Crippen LogP contribution in [0.25, 0.3) is 0 Å². The summed E-state index contributed by atoms with van der Waals surface area (Å²) in [5.41, 5.74) is 0.315. The van der Waals surface area contributed by atoms with Crippen LogP contribution in [0.15, 0.2) is 0 Å². The van der Waals surface area contributed by atoms with Gasteiger partial charge in [-0.1, -0.05) is 40.5 Å². The Balaban J connectivity index is 3.64. The Morgan fingerprint density at radius 2 is 1.90 bits per heavy atom. The molecule has 10 heavy (non-hydrogen) atoms. The molecule has 0 aromatic carbocycles. The van der Waals surface area contributed by atoms with Gasteiger partial charge in [0.1, 0.15) is 0 Å². The van der Waals surface area contributed by atoms with Crippen LogP contribution in [0.2, 0.25) is 0 Å². The molecule has 1 radical (unpaired) electrons. The van der Waals surface area contributed by atoms with Crippen molar-refractivity contribution in [2.75, 3.05) is 0 Å². The molecule has 0 N–H and O–H groups in total. The molecule has 0 amide bonds. The molecule has 0 saturated carbocycles. The lowest BCUT2D eigenvalue weighted by Gasteiger charge is -2.25. The molecule has 0 fully saturated rings. The fourth-order valence-corrected chi connectivity index (χ4v) is 1.13. The first kappa shape index (κ1) is 10.0. The minimum atomic E-state index is 0.315. The number of rotatable bonds is 4. The van der Waals surface area contributed by atoms with Crippen molar-refractivity contribution >= 4 is 0 Å². The third kappa shape index (κ3) is 3.92. The zero-order valence-corrected chi connectivity index (χ0v) is 7.91. The van der Waals surface area contributed by atoms with Gasteiger partial charge in [0.25, 0.3) is 0 Å². The van der Waals surface area contributed by atoms with E-state index >= 15 is 0 Å². The zero-order chi connectivity index (χ0) is 8.20. The molecule has 0 aliphatic carbocycles. The first-order chi connectivity index (χ1) is 4.52. The fraction of sp³-hybridized carbons (Fsp3) is 0.900.